The lowest BCUT2D eigenvalue weighted by Gasteiger charge is -2.04. The lowest BCUT2D eigenvalue weighted by atomic mass is 10.2. The molecule has 1 aromatic carbocycles. The minimum absolute atomic E-state index is 0.272. The average molecular weight is 266 g/mol. The monoisotopic (exact) mass is 265 g/mol. The molecule has 1 heterocycles. The fraction of sp³-hybridized carbons (Fsp3) is 0. The number of pyridine rings is 1. The van der Waals surface area contributed by atoms with Crippen molar-refractivity contribution in [2.45, 2.75) is 9.92 Å². The minimum atomic E-state index is -0.943. The van der Waals surface area contributed by atoms with Crippen LogP contribution in [0, 0.1) is 0 Å². The summed E-state index contributed by atoms with van der Waals surface area (Å²) < 4.78 is 0. The van der Waals surface area contributed by atoms with E-state index in [1.54, 1.807) is 36.4 Å². The van der Waals surface area contributed by atoms with Crippen molar-refractivity contribution in [3.8, 4) is 0 Å². The Labute approximate surface area is 107 Å². The van der Waals surface area contributed by atoms with Crippen LogP contribution in [0.5, 0.6) is 0 Å². The molecule has 0 atom stereocenters. The maximum atomic E-state index is 11.0. The largest absolute Gasteiger partial charge is 0.478 e. The molecule has 2 rings (SSSR count). The Morgan fingerprint density at radius 1 is 1.24 bits per heavy atom. The molecule has 0 amide bonds. The van der Waals surface area contributed by atoms with Gasteiger partial charge in [-0.05, 0) is 24.3 Å². The van der Waals surface area contributed by atoms with Crippen molar-refractivity contribution in [3.63, 3.8) is 0 Å². The van der Waals surface area contributed by atoms with E-state index in [0.717, 1.165) is 0 Å². The maximum Gasteiger partial charge on any atom is 0.336 e. The predicted molar refractivity (Wildman–Crippen MR) is 66.8 cm³/mol. The van der Waals surface area contributed by atoms with Crippen molar-refractivity contribution in [1.82, 2.24) is 4.98 Å². The van der Waals surface area contributed by atoms with E-state index in [1.165, 1.54) is 18.0 Å². The molecule has 0 aliphatic heterocycles. The molecule has 0 saturated carbocycles. The number of benzene rings is 1. The standard InChI is InChI=1S/C12H8ClNO2S/c13-8-5-6-11(14-7-8)17-10-4-2-1-3-9(10)12(15)16/h1-7H,(H,15,16). The van der Waals surface area contributed by atoms with Gasteiger partial charge in [0.1, 0.15) is 5.03 Å². The van der Waals surface area contributed by atoms with Crippen LogP contribution in [-0.4, -0.2) is 16.1 Å². The first kappa shape index (κ1) is 12.0. The van der Waals surface area contributed by atoms with Gasteiger partial charge in [0, 0.05) is 11.1 Å². The Morgan fingerprint density at radius 2 is 2.00 bits per heavy atom. The van der Waals surface area contributed by atoms with Gasteiger partial charge in [0.05, 0.1) is 10.6 Å². The summed E-state index contributed by atoms with van der Waals surface area (Å²) in [5.41, 5.74) is 0.272. The fourth-order valence-corrected chi connectivity index (χ4v) is 2.26. The van der Waals surface area contributed by atoms with E-state index in [1.807, 2.05) is 0 Å². The molecule has 2 aromatic rings. The zero-order valence-corrected chi connectivity index (χ0v) is 10.2. The van der Waals surface area contributed by atoms with Crippen LogP contribution < -0.4 is 0 Å². The molecule has 0 bridgehead atoms. The molecule has 1 aromatic heterocycles. The van der Waals surface area contributed by atoms with Crippen molar-refractivity contribution in [2.24, 2.45) is 0 Å². The lowest BCUT2D eigenvalue weighted by molar-refractivity contribution is 0.0693. The van der Waals surface area contributed by atoms with E-state index in [4.69, 9.17) is 16.7 Å². The summed E-state index contributed by atoms with van der Waals surface area (Å²) >= 11 is 7.03. The highest BCUT2D eigenvalue weighted by Crippen LogP contribution is 2.29. The van der Waals surface area contributed by atoms with Crippen LogP contribution in [-0.2, 0) is 0 Å². The van der Waals surface area contributed by atoms with Crippen molar-refractivity contribution in [2.75, 3.05) is 0 Å². The summed E-state index contributed by atoms with van der Waals surface area (Å²) in [5, 5.41) is 10.3. The zero-order chi connectivity index (χ0) is 12.3. The molecule has 0 aliphatic rings. The summed E-state index contributed by atoms with van der Waals surface area (Å²) in [6, 6.07) is 10.3. The van der Waals surface area contributed by atoms with E-state index in [2.05, 4.69) is 4.98 Å². The number of halogens is 1. The average Bonchev–Trinajstić information content (AvgIpc) is 2.32. The van der Waals surface area contributed by atoms with Crippen molar-refractivity contribution >= 4 is 29.3 Å². The third kappa shape index (κ3) is 2.99. The second kappa shape index (κ2) is 5.21. The van der Waals surface area contributed by atoms with Gasteiger partial charge in [0.25, 0.3) is 0 Å². The lowest BCUT2D eigenvalue weighted by Crippen LogP contribution is -1.98. The van der Waals surface area contributed by atoms with Gasteiger partial charge in [-0.2, -0.15) is 0 Å². The highest BCUT2D eigenvalue weighted by molar-refractivity contribution is 7.99. The Hall–Kier alpha value is -1.52. The van der Waals surface area contributed by atoms with Crippen LogP contribution in [0.4, 0.5) is 0 Å². The van der Waals surface area contributed by atoms with E-state index in [-0.39, 0.29) is 5.56 Å². The number of nitrogens with zero attached hydrogens (tertiary/aromatic N) is 1. The number of aromatic carboxylic acids is 1. The second-order valence-corrected chi connectivity index (χ2v) is 4.72. The topological polar surface area (TPSA) is 50.2 Å². The van der Waals surface area contributed by atoms with Gasteiger partial charge in [0.2, 0.25) is 0 Å². The summed E-state index contributed by atoms with van der Waals surface area (Å²) in [7, 11) is 0. The Kier molecular flexibility index (Phi) is 3.66. The molecule has 0 radical (unpaired) electrons. The molecule has 3 nitrogen and oxygen atoms in total. The Balaban J connectivity index is 2.30. The minimum Gasteiger partial charge on any atom is -0.478 e. The molecule has 5 heteroatoms. The van der Waals surface area contributed by atoms with E-state index < -0.39 is 5.97 Å². The highest BCUT2D eigenvalue weighted by Gasteiger charge is 2.10. The number of carboxylic acid groups (broad SMARTS) is 1. The Morgan fingerprint density at radius 3 is 2.65 bits per heavy atom. The van der Waals surface area contributed by atoms with Gasteiger partial charge >= 0.3 is 5.97 Å². The maximum absolute atomic E-state index is 11.0. The smallest absolute Gasteiger partial charge is 0.336 e. The normalized spacial score (nSPS) is 10.2. The van der Waals surface area contributed by atoms with Gasteiger partial charge in [-0.25, -0.2) is 9.78 Å². The van der Waals surface area contributed by atoms with Crippen LogP contribution in [0.25, 0.3) is 0 Å². The first-order valence-electron chi connectivity index (χ1n) is 4.78. The molecule has 0 spiro atoms. The molecule has 0 fully saturated rings. The molecule has 0 aliphatic carbocycles. The number of hydrogen-bond acceptors (Lipinski definition) is 3. The van der Waals surface area contributed by atoms with Gasteiger partial charge in [-0.15, -0.1) is 0 Å². The summed E-state index contributed by atoms with van der Waals surface area (Å²) in [5.74, 6) is -0.943. The number of rotatable bonds is 3. The van der Waals surface area contributed by atoms with Crippen LogP contribution in [0.15, 0.2) is 52.5 Å². The van der Waals surface area contributed by atoms with Crippen molar-refractivity contribution in [1.29, 1.82) is 0 Å². The molecular formula is C12H8ClNO2S. The summed E-state index contributed by atoms with van der Waals surface area (Å²) in [6.45, 7) is 0. The number of hydrogen-bond donors (Lipinski definition) is 1. The van der Waals surface area contributed by atoms with Crippen molar-refractivity contribution in [3.05, 3.63) is 53.2 Å². The van der Waals surface area contributed by atoms with Gasteiger partial charge < -0.3 is 5.11 Å². The zero-order valence-electron chi connectivity index (χ0n) is 8.63. The van der Waals surface area contributed by atoms with Crippen LogP contribution in [0.2, 0.25) is 5.02 Å². The summed E-state index contributed by atoms with van der Waals surface area (Å²) in [6.07, 6.45) is 1.53. The molecular weight excluding hydrogens is 258 g/mol. The quantitative estimate of drug-likeness (QED) is 0.921. The van der Waals surface area contributed by atoms with Gasteiger partial charge in [-0.1, -0.05) is 35.5 Å². The fourth-order valence-electron chi connectivity index (χ4n) is 1.27. The Bertz CT molecular complexity index is 542. The molecule has 1 N–H and O–H groups in total. The van der Waals surface area contributed by atoms with Gasteiger partial charge in [-0.3, -0.25) is 0 Å². The van der Waals surface area contributed by atoms with Crippen LogP contribution in [0.1, 0.15) is 10.4 Å². The van der Waals surface area contributed by atoms with Crippen molar-refractivity contribution < 1.29 is 9.90 Å². The van der Waals surface area contributed by atoms with Crippen LogP contribution in [0.3, 0.4) is 0 Å². The first-order chi connectivity index (χ1) is 8.16. The van der Waals surface area contributed by atoms with E-state index in [0.29, 0.717) is 14.9 Å². The second-order valence-electron chi connectivity index (χ2n) is 3.22. The number of carboxylic acids is 1. The van der Waals surface area contributed by atoms with Gasteiger partial charge in [0.15, 0.2) is 0 Å². The highest BCUT2D eigenvalue weighted by atomic mass is 35.5. The SMILES string of the molecule is O=C(O)c1ccccc1Sc1ccc(Cl)cn1. The van der Waals surface area contributed by atoms with E-state index in [9.17, 15) is 4.79 Å². The molecule has 0 unspecified atom stereocenters. The third-order valence-corrected chi connectivity index (χ3v) is 3.28. The first-order valence-corrected chi connectivity index (χ1v) is 5.98. The number of aromatic nitrogens is 1. The molecule has 86 valence electrons. The van der Waals surface area contributed by atoms with Crippen LogP contribution >= 0.6 is 23.4 Å². The molecule has 17 heavy (non-hydrogen) atoms. The summed E-state index contributed by atoms with van der Waals surface area (Å²) in [4.78, 5) is 15.8. The predicted octanol–water partition coefficient (Wildman–Crippen LogP) is 3.58. The third-order valence-electron chi connectivity index (χ3n) is 2.03. The number of carbonyl (C=O) groups is 1. The molecule has 0 saturated heterocycles. The van der Waals surface area contributed by atoms with E-state index >= 15 is 0 Å².